The van der Waals surface area contributed by atoms with Crippen molar-refractivity contribution in [1.82, 2.24) is 19.9 Å². The van der Waals surface area contributed by atoms with Crippen LogP contribution in [0.25, 0.3) is 11.4 Å². The van der Waals surface area contributed by atoms with Gasteiger partial charge in [0.15, 0.2) is 5.82 Å². The van der Waals surface area contributed by atoms with Gasteiger partial charge in [0.25, 0.3) is 5.91 Å². The summed E-state index contributed by atoms with van der Waals surface area (Å²) in [5.41, 5.74) is -0.567. The number of alkyl halides is 3. The summed E-state index contributed by atoms with van der Waals surface area (Å²) in [6, 6.07) is 7.99. The number of halogens is 4. The van der Waals surface area contributed by atoms with Crippen LogP contribution in [0.15, 0.2) is 55.0 Å². The second kappa shape index (κ2) is 8.34. The molecule has 34 heavy (non-hydrogen) atoms. The topological polar surface area (TPSA) is 62.2 Å². The molecule has 2 aromatic heterocycles. The Balaban J connectivity index is 1.42. The largest absolute Gasteiger partial charge is 0.417 e. The molecule has 3 heterocycles. The Morgan fingerprint density at radius 2 is 1.82 bits per heavy atom. The van der Waals surface area contributed by atoms with Crippen LogP contribution in [0.5, 0.6) is 0 Å². The molecule has 2 bridgehead atoms. The third-order valence-corrected chi connectivity index (χ3v) is 6.68. The lowest BCUT2D eigenvalue weighted by atomic mass is 10.0. The van der Waals surface area contributed by atoms with E-state index in [2.05, 4.69) is 15.0 Å². The number of aromatic nitrogens is 3. The van der Waals surface area contributed by atoms with Crippen LogP contribution in [-0.2, 0) is 6.18 Å². The van der Waals surface area contributed by atoms with Crippen LogP contribution >= 0.6 is 0 Å². The molecule has 2 fully saturated rings. The van der Waals surface area contributed by atoms with Crippen LogP contribution in [-0.4, -0.2) is 51.4 Å². The molecule has 3 unspecified atom stereocenters. The molecule has 1 saturated carbocycles. The molecule has 0 radical (unpaired) electrons. The molecule has 1 aliphatic carbocycles. The van der Waals surface area contributed by atoms with Crippen LogP contribution < -0.4 is 4.90 Å². The smallest absolute Gasteiger partial charge is 0.355 e. The zero-order chi connectivity index (χ0) is 24.0. The van der Waals surface area contributed by atoms with Gasteiger partial charge in [0.1, 0.15) is 11.6 Å². The predicted octanol–water partition coefficient (Wildman–Crippen LogP) is 4.44. The van der Waals surface area contributed by atoms with Crippen molar-refractivity contribution in [2.45, 2.75) is 31.1 Å². The van der Waals surface area contributed by atoms with E-state index in [1.165, 1.54) is 30.6 Å². The summed E-state index contributed by atoms with van der Waals surface area (Å²) in [5.74, 6) is -0.211. The summed E-state index contributed by atoms with van der Waals surface area (Å²) >= 11 is 0. The second-order valence-electron chi connectivity index (χ2n) is 8.68. The molecule has 1 aromatic carbocycles. The SMILES string of the molecule is CN(c1ccc(C(F)(F)F)cn1)C1CC2CC1N(C(=O)c1c(F)cccc1-c1ncccn1)C2. The highest BCUT2D eigenvalue weighted by atomic mass is 19.4. The van der Waals surface area contributed by atoms with Gasteiger partial charge in [0, 0.05) is 37.7 Å². The number of benzene rings is 1. The van der Waals surface area contributed by atoms with Gasteiger partial charge in [0.2, 0.25) is 0 Å². The van der Waals surface area contributed by atoms with Crippen LogP contribution in [0.1, 0.15) is 28.8 Å². The van der Waals surface area contributed by atoms with Crippen molar-refractivity contribution < 1.29 is 22.4 Å². The average molecular weight is 471 g/mol. The lowest BCUT2D eigenvalue weighted by molar-refractivity contribution is -0.137. The number of likely N-dealkylation sites (N-methyl/N-ethyl adjacent to an activating group) is 1. The second-order valence-corrected chi connectivity index (χ2v) is 8.68. The summed E-state index contributed by atoms with van der Waals surface area (Å²) in [4.78, 5) is 29.4. The minimum absolute atomic E-state index is 0.0738. The van der Waals surface area contributed by atoms with E-state index in [9.17, 15) is 22.4 Å². The molecule has 3 atom stereocenters. The summed E-state index contributed by atoms with van der Waals surface area (Å²) in [6.07, 6.45) is 0.933. The van der Waals surface area contributed by atoms with E-state index in [0.29, 0.717) is 17.9 Å². The van der Waals surface area contributed by atoms with Gasteiger partial charge >= 0.3 is 6.18 Å². The van der Waals surface area contributed by atoms with Gasteiger partial charge in [-0.15, -0.1) is 0 Å². The number of carbonyl (C=O) groups excluding carboxylic acids is 1. The standard InChI is InChI=1S/C24H21F4N5O/c1-32(20-7-6-15(12-31-20)24(26,27)28)18-10-14-11-19(18)33(13-14)23(34)21-16(4-2-5-17(21)25)22-29-8-3-9-30-22/h2-9,12,14,18-19H,10-11,13H2,1H3. The average Bonchev–Trinajstić information content (AvgIpc) is 3.44. The van der Waals surface area contributed by atoms with Gasteiger partial charge in [-0.25, -0.2) is 19.3 Å². The van der Waals surface area contributed by atoms with E-state index < -0.39 is 23.5 Å². The number of hydrogen-bond donors (Lipinski definition) is 0. The van der Waals surface area contributed by atoms with Gasteiger partial charge in [0.05, 0.1) is 23.2 Å². The van der Waals surface area contributed by atoms with E-state index >= 15 is 0 Å². The minimum Gasteiger partial charge on any atom is -0.355 e. The summed E-state index contributed by atoms with van der Waals surface area (Å²) in [7, 11) is 1.76. The molecule has 1 aliphatic heterocycles. The van der Waals surface area contributed by atoms with E-state index in [1.54, 1.807) is 24.1 Å². The quantitative estimate of drug-likeness (QED) is 0.527. The molecular weight excluding hydrogens is 450 g/mol. The Morgan fingerprint density at radius 3 is 2.47 bits per heavy atom. The number of fused-ring (bicyclic) bond motifs is 2. The van der Waals surface area contributed by atoms with Gasteiger partial charge in [-0.05, 0) is 43.0 Å². The number of anilines is 1. The van der Waals surface area contributed by atoms with Gasteiger partial charge in [-0.2, -0.15) is 13.2 Å². The highest BCUT2D eigenvalue weighted by molar-refractivity contribution is 6.01. The number of likely N-dealkylation sites (tertiary alicyclic amines) is 1. The fourth-order valence-electron chi connectivity index (χ4n) is 5.08. The molecular formula is C24H21F4N5O. The molecule has 0 N–H and O–H groups in total. The van der Waals surface area contributed by atoms with Crippen molar-refractivity contribution in [2.75, 3.05) is 18.5 Å². The molecule has 1 saturated heterocycles. The van der Waals surface area contributed by atoms with Crippen LogP contribution in [0.4, 0.5) is 23.4 Å². The van der Waals surface area contributed by atoms with Crippen molar-refractivity contribution >= 4 is 11.7 Å². The summed E-state index contributed by atoms with van der Waals surface area (Å²) < 4.78 is 53.6. The molecule has 2 aliphatic rings. The molecule has 5 rings (SSSR count). The van der Waals surface area contributed by atoms with Crippen molar-refractivity contribution in [3.05, 3.63) is 71.9 Å². The first kappa shape index (κ1) is 22.2. The highest BCUT2D eigenvalue weighted by Crippen LogP contribution is 2.42. The number of hydrogen-bond acceptors (Lipinski definition) is 5. The Kier molecular flexibility index (Phi) is 5.45. The Hall–Kier alpha value is -3.56. The zero-order valence-corrected chi connectivity index (χ0v) is 18.2. The van der Waals surface area contributed by atoms with Gasteiger partial charge < -0.3 is 9.80 Å². The monoisotopic (exact) mass is 471 g/mol. The van der Waals surface area contributed by atoms with Crippen LogP contribution in [0, 0.1) is 11.7 Å². The first-order valence-electron chi connectivity index (χ1n) is 10.9. The maximum absolute atomic E-state index is 14.9. The maximum Gasteiger partial charge on any atom is 0.417 e. The van der Waals surface area contributed by atoms with Crippen molar-refractivity contribution in [2.24, 2.45) is 5.92 Å². The van der Waals surface area contributed by atoms with E-state index in [1.807, 2.05) is 4.90 Å². The summed E-state index contributed by atoms with van der Waals surface area (Å²) in [6.45, 7) is 0.498. The zero-order valence-electron chi connectivity index (χ0n) is 18.2. The lowest BCUT2D eigenvalue weighted by Crippen LogP contribution is -2.51. The maximum atomic E-state index is 14.9. The fourth-order valence-corrected chi connectivity index (χ4v) is 5.08. The Morgan fingerprint density at radius 1 is 1.06 bits per heavy atom. The molecule has 0 spiro atoms. The van der Waals surface area contributed by atoms with Crippen LogP contribution in [0.2, 0.25) is 0 Å². The minimum atomic E-state index is -4.46. The third-order valence-electron chi connectivity index (χ3n) is 6.68. The predicted molar refractivity (Wildman–Crippen MR) is 116 cm³/mol. The first-order chi connectivity index (χ1) is 16.2. The Bertz CT molecular complexity index is 1200. The number of carbonyl (C=O) groups is 1. The van der Waals surface area contributed by atoms with Crippen molar-refractivity contribution in [1.29, 1.82) is 0 Å². The van der Waals surface area contributed by atoms with E-state index in [-0.39, 0.29) is 29.4 Å². The molecule has 6 nitrogen and oxygen atoms in total. The number of piperidine rings is 1. The third kappa shape index (κ3) is 3.86. The van der Waals surface area contributed by atoms with Crippen LogP contribution in [0.3, 0.4) is 0 Å². The Labute approximate surface area is 193 Å². The molecule has 176 valence electrons. The van der Waals surface area contributed by atoms with E-state index in [4.69, 9.17) is 0 Å². The van der Waals surface area contributed by atoms with Crippen molar-refractivity contribution in [3.8, 4) is 11.4 Å². The normalized spacial score (nSPS) is 21.7. The first-order valence-corrected chi connectivity index (χ1v) is 10.9. The highest BCUT2D eigenvalue weighted by Gasteiger charge is 2.49. The molecule has 1 amide bonds. The molecule has 10 heteroatoms. The van der Waals surface area contributed by atoms with Crippen molar-refractivity contribution in [3.63, 3.8) is 0 Å². The molecule has 3 aromatic rings. The number of pyridine rings is 1. The van der Waals surface area contributed by atoms with Gasteiger partial charge in [-0.1, -0.05) is 12.1 Å². The van der Waals surface area contributed by atoms with E-state index in [0.717, 1.165) is 25.1 Å². The number of nitrogens with zero attached hydrogens (tertiary/aromatic N) is 5. The summed E-state index contributed by atoms with van der Waals surface area (Å²) in [5, 5.41) is 0. The van der Waals surface area contributed by atoms with Gasteiger partial charge in [-0.3, -0.25) is 4.79 Å². The number of rotatable bonds is 4. The fraction of sp³-hybridized carbons (Fsp3) is 0.333. The lowest BCUT2D eigenvalue weighted by Gasteiger charge is -2.39. The number of amides is 1.